The lowest BCUT2D eigenvalue weighted by atomic mass is 10.2. The number of fused-ring (bicyclic) bond motifs is 1. The van der Waals surface area contributed by atoms with Crippen molar-refractivity contribution in [1.82, 2.24) is 0 Å². The molecule has 0 saturated heterocycles. The van der Waals surface area contributed by atoms with Gasteiger partial charge in [-0.15, -0.1) is 0 Å². The molecule has 9 heteroatoms. The van der Waals surface area contributed by atoms with Gasteiger partial charge in [-0.25, -0.2) is 0 Å². The van der Waals surface area contributed by atoms with E-state index in [-0.39, 0.29) is 43.7 Å². The van der Waals surface area contributed by atoms with Gasteiger partial charge in [0.1, 0.15) is 36.2 Å². The molecule has 0 bridgehead atoms. The van der Waals surface area contributed by atoms with E-state index in [9.17, 15) is 19.8 Å². The lowest BCUT2D eigenvalue weighted by molar-refractivity contribution is -0.129. The standard InChI is InChI=1S/C19H18O9/c1-24-17-6-16(7-18-19(17)28-10-27-18)26-9-14(23)3-13(22)8-25-15-4-11(20)2-12(21)5-15/h2,4-7,20-21H,3,8-10H2,1H3. The molecule has 0 atom stereocenters. The van der Waals surface area contributed by atoms with Crippen molar-refractivity contribution in [1.29, 1.82) is 0 Å². The summed E-state index contributed by atoms with van der Waals surface area (Å²) in [6, 6.07) is 6.73. The fourth-order valence-corrected chi connectivity index (χ4v) is 2.49. The third-order valence-corrected chi connectivity index (χ3v) is 3.70. The van der Waals surface area contributed by atoms with Crippen molar-refractivity contribution in [3.05, 3.63) is 30.3 Å². The number of phenols is 2. The SMILES string of the molecule is COc1cc(OCC(=O)CC(=O)COc2cc(O)cc(O)c2)cc2c1OCO2. The summed E-state index contributed by atoms with van der Waals surface area (Å²) in [7, 11) is 1.47. The molecule has 0 spiro atoms. The van der Waals surface area contributed by atoms with Crippen LogP contribution in [0.1, 0.15) is 6.42 Å². The quantitative estimate of drug-likeness (QED) is 0.618. The minimum absolute atomic E-state index is 0.0690. The van der Waals surface area contributed by atoms with E-state index < -0.39 is 11.6 Å². The van der Waals surface area contributed by atoms with E-state index in [0.29, 0.717) is 23.0 Å². The summed E-state index contributed by atoms with van der Waals surface area (Å²) in [6.07, 6.45) is -0.382. The number of methoxy groups -OCH3 is 1. The lowest BCUT2D eigenvalue weighted by Gasteiger charge is -2.10. The Hall–Kier alpha value is -3.62. The molecule has 2 N–H and O–H groups in total. The Labute approximate surface area is 160 Å². The van der Waals surface area contributed by atoms with Crippen molar-refractivity contribution in [2.75, 3.05) is 27.1 Å². The Morgan fingerprint density at radius 2 is 1.54 bits per heavy atom. The highest BCUT2D eigenvalue weighted by Crippen LogP contribution is 2.44. The number of ether oxygens (including phenoxy) is 5. The molecule has 0 unspecified atom stereocenters. The van der Waals surface area contributed by atoms with Crippen molar-refractivity contribution >= 4 is 11.6 Å². The van der Waals surface area contributed by atoms with Gasteiger partial charge < -0.3 is 33.9 Å². The van der Waals surface area contributed by atoms with Crippen LogP contribution in [0.25, 0.3) is 0 Å². The third-order valence-electron chi connectivity index (χ3n) is 3.70. The number of phenolic OH excluding ortho intramolecular Hbond substituents is 2. The predicted octanol–water partition coefficient (Wildman–Crippen LogP) is 1.82. The fourth-order valence-electron chi connectivity index (χ4n) is 2.49. The molecule has 0 saturated carbocycles. The van der Waals surface area contributed by atoms with Gasteiger partial charge in [-0.1, -0.05) is 0 Å². The van der Waals surface area contributed by atoms with Crippen molar-refractivity contribution in [3.8, 4) is 40.2 Å². The van der Waals surface area contributed by atoms with Crippen LogP contribution in [-0.4, -0.2) is 48.9 Å². The number of hydrogen-bond acceptors (Lipinski definition) is 9. The lowest BCUT2D eigenvalue weighted by Crippen LogP contribution is -2.20. The topological polar surface area (TPSA) is 121 Å². The maximum absolute atomic E-state index is 12.0. The second-order valence-electron chi connectivity index (χ2n) is 5.88. The van der Waals surface area contributed by atoms with Crippen LogP contribution in [0.3, 0.4) is 0 Å². The second kappa shape index (κ2) is 8.38. The molecule has 0 amide bonds. The summed E-state index contributed by atoms with van der Waals surface area (Å²) in [6.45, 7) is -0.631. The first-order valence-electron chi connectivity index (χ1n) is 8.24. The van der Waals surface area contributed by atoms with Crippen LogP contribution in [-0.2, 0) is 9.59 Å². The average molecular weight is 390 g/mol. The zero-order valence-electron chi connectivity index (χ0n) is 15.0. The van der Waals surface area contributed by atoms with Gasteiger partial charge in [-0.05, 0) is 0 Å². The maximum Gasteiger partial charge on any atom is 0.231 e. The van der Waals surface area contributed by atoms with Gasteiger partial charge in [0.2, 0.25) is 12.5 Å². The Bertz CT molecular complexity index is 871. The van der Waals surface area contributed by atoms with Gasteiger partial charge in [0, 0.05) is 30.3 Å². The highest BCUT2D eigenvalue weighted by atomic mass is 16.7. The average Bonchev–Trinajstić information content (AvgIpc) is 3.12. The Morgan fingerprint density at radius 3 is 2.14 bits per heavy atom. The van der Waals surface area contributed by atoms with Crippen molar-refractivity contribution in [2.24, 2.45) is 0 Å². The van der Waals surface area contributed by atoms with Crippen LogP contribution in [0, 0.1) is 0 Å². The molecule has 0 aromatic heterocycles. The van der Waals surface area contributed by atoms with Gasteiger partial charge in [0.15, 0.2) is 23.1 Å². The van der Waals surface area contributed by atoms with E-state index >= 15 is 0 Å². The molecule has 1 heterocycles. The molecular weight excluding hydrogens is 372 g/mol. The number of ketones is 2. The molecule has 1 aliphatic heterocycles. The summed E-state index contributed by atoms with van der Waals surface area (Å²) in [5.41, 5.74) is 0. The molecule has 0 fully saturated rings. The van der Waals surface area contributed by atoms with Crippen LogP contribution < -0.4 is 23.7 Å². The summed E-state index contributed by atoms with van der Waals surface area (Å²) in [5, 5.41) is 18.7. The van der Waals surface area contributed by atoms with E-state index in [2.05, 4.69) is 0 Å². The van der Waals surface area contributed by atoms with Gasteiger partial charge in [0.05, 0.1) is 13.5 Å². The number of Topliss-reactive ketones (excluding diaryl/α,β-unsaturated/α-hetero) is 2. The maximum atomic E-state index is 12.0. The fraction of sp³-hybridized carbons (Fsp3) is 0.263. The molecule has 1 aliphatic rings. The summed E-state index contributed by atoms with van der Waals surface area (Å²) < 4.78 is 26.3. The number of carbonyl (C=O) groups is 2. The summed E-state index contributed by atoms with van der Waals surface area (Å²) >= 11 is 0. The molecule has 2 aromatic rings. The minimum Gasteiger partial charge on any atom is -0.508 e. The van der Waals surface area contributed by atoms with Gasteiger partial charge in [0.25, 0.3) is 0 Å². The molecule has 0 aliphatic carbocycles. The zero-order chi connectivity index (χ0) is 20.1. The Morgan fingerprint density at radius 1 is 0.929 bits per heavy atom. The second-order valence-corrected chi connectivity index (χ2v) is 5.88. The van der Waals surface area contributed by atoms with Crippen LogP contribution in [0.5, 0.6) is 40.2 Å². The zero-order valence-corrected chi connectivity index (χ0v) is 15.0. The first kappa shape index (κ1) is 19.2. The number of rotatable bonds is 9. The predicted molar refractivity (Wildman–Crippen MR) is 94.5 cm³/mol. The number of benzene rings is 2. The number of hydrogen-bond donors (Lipinski definition) is 2. The van der Waals surface area contributed by atoms with E-state index in [0.717, 1.165) is 6.07 Å². The number of aromatic hydroxyl groups is 2. The summed E-state index contributed by atoms with van der Waals surface area (Å²) in [5.74, 6) is 0.458. The van der Waals surface area contributed by atoms with Crippen molar-refractivity contribution in [2.45, 2.75) is 6.42 Å². The highest BCUT2D eigenvalue weighted by molar-refractivity contribution is 6.00. The molecule has 0 radical (unpaired) electrons. The Kier molecular flexibility index (Phi) is 5.73. The van der Waals surface area contributed by atoms with Gasteiger partial charge in [-0.2, -0.15) is 0 Å². The van der Waals surface area contributed by atoms with Gasteiger partial charge in [-0.3, -0.25) is 9.59 Å². The molecule has 2 aromatic carbocycles. The first-order chi connectivity index (χ1) is 13.4. The van der Waals surface area contributed by atoms with Gasteiger partial charge >= 0.3 is 0 Å². The van der Waals surface area contributed by atoms with Crippen LogP contribution >= 0.6 is 0 Å². The molecule has 28 heavy (non-hydrogen) atoms. The van der Waals surface area contributed by atoms with Crippen LogP contribution in [0.15, 0.2) is 30.3 Å². The van der Waals surface area contributed by atoms with Crippen LogP contribution in [0.4, 0.5) is 0 Å². The monoisotopic (exact) mass is 390 g/mol. The molecule has 148 valence electrons. The normalized spacial score (nSPS) is 11.8. The smallest absolute Gasteiger partial charge is 0.231 e. The summed E-state index contributed by atoms with van der Waals surface area (Å²) in [4.78, 5) is 23.8. The highest BCUT2D eigenvalue weighted by Gasteiger charge is 2.21. The minimum atomic E-state index is -0.473. The number of carbonyl (C=O) groups excluding carboxylic acids is 2. The van der Waals surface area contributed by atoms with E-state index in [1.165, 1.54) is 19.2 Å². The Balaban J connectivity index is 1.48. The van der Waals surface area contributed by atoms with Crippen molar-refractivity contribution < 1.29 is 43.5 Å². The van der Waals surface area contributed by atoms with E-state index in [1.807, 2.05) is 0 Å². The van der Waals surface area contributed by atoms with Crippen LogP contribution in [0.2, 0.25) is 0 Å². The third kappa shape index (κ3) is 4.76. The molecule has 9 nitrogen and oxygen atoms in total. The molecular formula is C19H18O9. The molecule has 3 rings (SSSR count). The van der Waals surface area contributed by atoms with E-state index in [4.69, 9.17) is 23.7 Å². The van der Waals surface area contributed by atoms with E-state index in [1.54, 1.807) is 12.1 Å². The first-order valence-corrected chi connectivity index (χ1v) is 8.24. The largest absolute Gasteiger partial charge is 0.508 e. The van der Waals surface area contributed by atoms with Crippen molar-refractivity contribution in [3.63, 3.8) is 0 Å².